The van der Waals surface area contributed by atoms with Crippen LogP contribution in [0.2, 0.25) is 0 Å². The second-order valence-corrected chi connectivity index (χ2v) is 11.3. The minimum atomic E-state index is -3.57. The van der Waals surface area contributed by atoms with Crippen LogP contribution in [-0.4, -0.2) is 61.9 Å². The van der Waals surface area contributed by atoms with E-state index < -0.39 is 10.0 Å². The molecule has 0 saturated carbocycles. The van der Waals surface area contributed by atoms with Crippen LogP contribution in [0.5, 0.6) is 0 Å². The molecule has 0 atom stereocenters. The van der Waals surface area contributed by atoms with Gasteiger partial charge in [0, 0.05) is 62.6 Å². The molecule has 1 aliphatic rings. The van der Waals surface area contributed by atoms with Crippen molar-refractivity contribution < 1.29 is 8.42 Å². The Morgan fingerprint density at radius 1 is 0.943 bits per heavy atom. The SMILES string of the molecule is Cc1ccc(Cc2nsc(N3CCN(CCNS(=O)(=O)c4cccc5ccccc45)CC3)n2)cc1. The van der Waals surface area contributed by atoms with E-state index in [1.807, 2.05) is 30.3 Å². The van der Waals surface area contributed by atoms with Crippen LogP contribution in [0.4, 0.5) is 5.13 Å². The lowest BCUT2D eigenvalue weighted by Crippen LogP contribution is -2.48. The Kier molecular flexibility index (Phi) is 7.10. The number of nitrogens with zero attached hydrogens (tertiary/aromatic N) is 4. The predicted octanol–water partition coefficient (Wildman–Crippen LogP) is 3.69. The molecule has 2 heterocycles. The molecule has 0 radical (unpaired) electrons. The maximum absolute atomic E-state index is 12.9. The third-order valence-electron chi connectivity index (χ3n) is 6.34. The molecule has 0 bridgehead atoms. The first kappa shape index (κ1) is 23.9. The second-order valence-electron chi connectivity index (χ2n) is 8.86. The van der Waals surface area contributed by atoms with Gasteiger partial charge in [0.2, 0.25) is 15.2 Å². The number of aryl methyl sites for hydroxylation is 1. The van der Waals surface area contributed by atoms with Crippen LogP contribution in [0, 0.1) is 6.92 Å². The zero-order valence-electron chi connectivity index (χ0n) is 19.7. The van der Waals surface area contributed by atoms with Crippen molar-refractivity contribution in [1.82, 2.24) is 19.0 Å². The van der Waals surface area contributed by atoms with E-state index in [0.29, 0.717) is 18.0 Å². The Balaban J connectivity index is 1.11. The quantitative estimate of drug-likeness (QED) is 0.392. The Hall–Kier alpha value is -2.85. The fourth-order valence-corrected chi connectivity index (χ4v) is 6.33. The van der Waals surface area contributed by atoms with Gasteiger partial charge in [0.15, 0.2) is 0 Å². The van der Waals surface area contributed by atoms with Gasteiger partial charge in [0.25, 0.3) is 0 Å². The Morgan fingerprint density at radius 3 is 2.49 bits per heavy atom. The highest BCUT2D eigenvalue weighted by Gasteiger charge is 2.21. The number of fused-ring (bicyclic) bond motifs is 1. The van der Waals surface area contributed by atoms with Crippen LogP contribution in [0.25, 0.3) is 10.8 Å². The van der Waals surface area contributed by atoms with Crippen LogP contribution in [0.3, 0.4) is 0 Å². The number of anilines is 1. The summed E-state index contributed by atoms with van der Waals surface area (Å²) in [6, 6.07) is 21.4. The fraction of sp³-hybridized carbons (Fsp3) is 0.308. The monoisotopic (exact) mass is 507 g/mol. The summed E-state index contributed by atoms with van der Waals surface area (Å²) in [6.07, 6.45) is 0.744. The number of aromatic nitrogens is 2. The van der Waals surface area contributed by atoms with Gasteiger partial charge in [-0.05, 0) is 23.9 Å². The van der Waals surface area contributed by atoms with Crippen molar-refractivity contribution >= 4 is 37.5 Å². The van der Waals surface area contributed by atoms with E-state index in [1.54, 1.807) is 12.1 Å². The third-order valence-corrected chi connectivity index (χ3v) is 8.68. The maximum atomic E-state index is 12.9. The number of rotatable bonds is 8. The number of piperazine rings is 1. The maximum Gasteiger partial charge on any atom is 0.241 e. The summed E-state index contributed by atoms with van der Waals surface area (Å²) in [5.41, 5.74) is 2.47. The topological polar surface area (TPSA) is 78.4 Å². The predicted molar refractivity (Wildman–Crippen MR) is 142 cm³/mol. The number of hydrogen-bond acceptors (Lipinski definition) is 7. The number of hydrogen-bond donors (Lipinski definition) is 1. The van der Waals surface area contributed by atoms with Crippen molar-refractivity contribution in [2.45, 2.75) is 18.2 Å². The third kappa shape index (κ3) is 5.70. The Bertz CT molecular complexity index is 1390. The Morgan fingerprint density at radius 2 is 1.69 bits per heavy atom. The lowest BCUT2D eigenvalue weighted by Gasteiger charge is -2.34. The van der Waals surface area contributed by atoms with Gasteiger partial charge >= 0.3 is 0 Å². The molecule has 5 rings (SSSR count). The molecule has 0 amide bonds. The number of nitrogens with one attached hydrogen (secondary N) is 1. The summed E-state index contributed by atoms with van der Waals surface area (Å²) < 4.78 is 33.2. The molecule has 35 heavy (non-hydrogen) atoms. The van der Waals surface area contributed by atoms with Gasteiger partial charge in [-0.1, -0.05) is 66.2 Å². The van der Waals surface area contributed by atoms with Crippen molar-refractivity contribution in [3.8, 4) is 0 Å². The lowest BCUT2D eigenvalue weighted by atomic mass is 10.1. The molecule has 0 unspecified atom stereocenters. The molecular weight excluding hydrogens is 478 g/mol. The van der Waals surface area contributed by atoms with Crippen LogP contribution < -0.4 is 9.62 Å². The van der Waals surface area contributed by atoms with E-state index in [9.17, 15) is 8.42 Å². The smallest absolute Gasteiger partial charge is 0.241 e. The van der Waals surface area contributed by atoms with Gasteiger partial charge in [-0.15, -0.1) is 0 Å². The highest BCUT2D eigenvalue weighted by atomic mass is 32.2. The first-order valence-electron chi connectivity index (χ1n) is 11.8. The fourth-order valence-electron chi connectivity index (χ4n) is 4.34. The summed E-state index contributed by atoms with van der Waals surface area (Å²) in [5.74, 6) is 0.860. The van der Waals surface area contributed by atoms with Gasteiger partial charge < -0.3 is 4.90 Å². The van der Waals surface area contributed by atoms with E-state index in [1.165, 1.54) is 22.7 Å². The first-order chi connectivity index (χ1) is 17.0. The zero-order valence-corrected chi connectivity index (χ0v) is 21.4. The molecule has 7 nitrogen and oxygen atoms in total. The number of benzene rings is 3. The average Bonchev–Trinajstić information content (AvgIpc) is 3.34. The minimum Gasteiger partial charge on any atom is -0.344 e. The van der Waals surface area contributed by atoms with Crippen LogP contribution in [0.15, 0.2) is 71.6 Å². The molecule has 0 spiro atoms. The molecule has 1 N–H and O–H groups in total. The highest BCUT2D eigenvalue weighted by molar-refractivity contribution is 7.89. The van der Waals surface area contributed by atoms with Crippen LogP contribution in [-0.2, 0) is 16.4 Å². The largest absolute Gasteiger partial charge is 0.344 e. The van der Waals surface area contributed by atoms with Crippen molar-refractivity contribution in [3.63, 3.8) is 0 Å². The molecule has 0 aliphatic carbocycles. The molecule has 1 aromatic heterocycles. The van der Waals surface area contributed by atoms with Gasteiger partial charge in [0.05, 0.1) is 4.90 Å². The van der Waals surface area contributed by atoms with Crippen molar-refractivity contribution in [2.24, 2.45) is 0 Å². The molecule has 1 aliphatic heterocycles. The molecule has 3 aromatic carbocycles. The summed E-state index contributed by atoms with van der Waals surface area (Å²) >= 11 is 1.45. The first-order valence-corrected chi connectivity index (χ1v) is 14.1. The summed E-state index contributed by atoms with van der Waals surface area (Å²) in [6.45, 7) is 6.58. The van der Waals surface area contributed by atoms with Crippen molar-refractivity contribution in [1.29, 1.82) is 0 Å². The van der Waals surface area contributed by atoms with Gasteiger partial charge in [-0.3, -0.25) is 4.90 Å². The highest BCUT2D eigenvalue weighted by Crippen LogP contribution is 2.23. The van der Waals surface area contributed by atoms with E-state index in [0.717, 1.165) is 54.3 Å². The van der Waals surface area contributed by atoms with Gasteiger partial charge in [-0.25, -0.2) is 18.1 Å². The molecule has 9 heteroatoms. The van der Waals surface area contributed by atoms with Gasteiger partial charge in [0.1, 0.15) is 5.82 Å². The summed E-state index contributed by atoms with van der Waals surface area (Å²) in [7, 11) is -3.57. The minimum absolute atomic E-state index is 0.332. The second kappa shape index (κ2) is 10.4. The molecular formula is C26H29N5O2S2. The normalized spacial score (nSPS) is 15.1. The standard InChI is InChI=1S/C26H29N5O2S2/c1-20-9-11-21(12-10-20)19-25-28-26(34-29-25)31-17-15-30(16-18-31)14-13-27-35(32,33)24-8-4-6-22-5-2-3-7-23(22)24/h2-12,27H,13-19H2,1H3. The van der Waals surface area contributed by atoms with Gasteiger partial charge in [-0.2, -0.15) is 4.37 Å². The lowest BCUT2D eigenvalue weighted by molar-refractivity contribution is 0.262. The van der Waals surface area contributed by atoms with Crippen molar-refractivity contribution in [3.05, 3.63) is 83.7 Å². The average molecular weight is 508 g/mol. The molecule has 182 valence electrons. The van der Waals surface area contributed by atoms with Crippen LogP contribution >= 0.6 is 11.5 Å². The van der Waals surface area contributed by atoms with E-state index in [-0.39, 0.29) is 0 Å². The molecule has 4 aromatic rings. The van der Waals surface area contributed by atoms with E-state index in [2.05, 4.69) is 50.1 Å². The molecule has 1 saturated heterocycles. The Labute approximate surface area is 210 Å². The van der Waals surface area contributed by atoms with Crippen molar-refractivity contribution in [2.75, 3.05) is 44.2 Å². The van der Waals surface area contributed by atoms with Crippen LogP contribution in [0.1, 0.15) is 17.0 Å². The van der Waals surface area contributed by atoms with E-state index in [4.69, 9.17) is 4.98 Å². The zero-order chi connectivity index (χ0) is 24.3. The summed E-state index contributed by atoms with van der Waals surface area (Å²) in [5, 5.41) is 2.63. The summed E-state index contributed by atoms with van der Waals surface area (Å²) in [4.78, 5) is 9.64. The van der Waals surface area contributed by atoms with E-state index >= 15 is 0 Å². The number of sulfonamides is 1. The molecule has 1 fully saturated rings.